The lowest BCUT2D eigenvalue weighted by molar-refractivity contribution is -0.671. The highest BCUT2D eigenvalue weighted by atomic mass is 32.2. The number of hydrogen-bond donors (Lipinski definition) is 4. The number of amides is 2. The van der Waals surface area contributed by atoms with E-state index in [0.29, 0.717) is 5.57 Å². The fourth-order valence-electron chi connectivity index (χ4n) is 3.79. The van der Waals surface area contributed by atoms with E-state index < -0.39 is 53.4 Å². The van der Waals surface area contributed by atoms with Gasteiger partial charge in [0, 0.05) is 28.2 Å². The minimum Gasteiger partial charge on any atom is -0.478 e. The number of carboxylic acids is 2. The van der Waals surface area contributed by atoms with Gasteiger partial charge < -0.3 is 30.8 Å². The van der Waals surface area contributed by atoms with Crippen molar-refractivity contribution in [3.8, 4) is 0 Å². The van der Waals surface area contributed by atoms with E-state index in [1.807, 2.05) is 36.1 Å². The quantitative estimate of drug-likeness (QED) is 0.0977. The summed E-state index contributed by atoms with van der Waals surface area (Å²) >= 11 is 2.42. The molecule has 4 rings (SSSR count). The first kappa shape index (κ1) is 29.0. The first-order chi connectivity index (χ1) is 18.8. The zero-order valence-corrected chi connectivity index (χ0v) is 23.5. The second-order valence-electron chi connectivity index (χ2n) is 9.41. The number of nitrogens with two attached hydrogens (primary N) is 1. The molecular formula is C24H27N6O8S2+. The number of aromatic nitrogens is 2. The summed E-state index contributed by atoms with van der Waals surface area (Å²) in [5.41, 5.74) is 3.72. The number of hydrogen-bond acceptors (Lipinski definition) is 11. The number of ether oxygens (including phenoxy) is 1. The van der Waals surface area contributed by atoms with Gasteiger partial charge in [0.2, 0.25) is 5.60 Å². The summed E-state index contributed by atoms with van der Waals surface area (Å²) in [6.07, 6.45) is 1.98. The van der Waals surface area contributed by atoms with Gasteiger partial charge in [-0.3, -0.25) is 14.5 Å². The molecule has 4 heterocycles. The van der Waals surface area contributed by atoms with Crippen molar-refractivity contribution in [2.24, 2.45) is 12.2 Å². The van der Waals surface area contributed by atoms with Crippen molar-refractivity contribution in [2.75, 3.05) is 11.5 Å². The number of nitrogens with one attached hydrogen (secondary N) is 1. The number of anilines is 1. The lowest BCUT2D eigenvalue weighted by atomic mass is 9.96. The normalized spacial score (nSPS) is 21.0. The fraction of sp³-hybridized carbons (Fsp3) is 0.375. The number of thiazole rings is 1. The number of thioether (sulfide) groups is 1. The highest BCUT2D eigenvalue weighted by Gasteiger charge is 2.56. The Morgan fingerprint density at radius 2 is 2.00 bits per heavy atom. The zero-order valence-electron chi connectivity index (χ0n) is 21.9. The van der Waals surface area contributed by atoms with Gasteiger partial charge in [0.05, 0.1) is 6.10 Å². The average Bonchev–Trinajstić information content (AvgIpc) is 3.32. The van der Waals surface area contributed by atoms with Gasteiger partial charge in [0.1, 0.15) is 18.4 Å². The Morgan fingerprint density at radius 3 is 2.58 bits per heavy atom. The molecule has 0 bridgehead atoms. The highest BCUT2D eigenvalue weighted by Crippen LogP contribution is 2.38. The minimum absolute atomic E-state index is 0.00249. The summed E-state index contributed by atoms with van der Waals surface area (Å²) in [5, 5.41) is 27.0. The van der Waals surface area contributed by atoms with Crippen LogP contribution in [0.2, 0.25) is 0 Å². The van der Waals surface area contributed by atoms with Crippen molar-refractivity contribution < 1.29 is 43.5 Å². The molecular weight excluding hydrogens is 564 g/mol. The van der Waals surface area contributed by atoms with Crippen LogP contribution < -0.4 is 15.6 Å². The van der Waals surface area contributed by atoms with Gasteiger partial charge >= 0.3 is 11.9 Å². The molecule has 0 unspecified atom stereocenters. The van der Waals surface area contributed by atoms with E-state index in [1.165, 1.54) is 31.0 Å². The molecule has 16 heteroatoms. The lowest BCUT2D eigenvalue weighted by Gasteiger charge is -2.51. The number of carboxylic acid groups (broad SMARTS) is 2. The third kappa shape index (κ3) is 5.78. The maximum Gasteiger partial charge on any atom is 0.352 e. The zero-order chi connectivity index (χ0) is 29.4. The Labute approximate surface area is 236 Å². The van der Waals surface area contributed by atoms with Crippen molar-refractivity contribution >= 4 is 57.7 Å². The number of pyridine rings is 1. The summed E-state index contributed by atoms with van der Waals surface area (Å²) in [7, 11) is 1.88. The first-order valence-corrected chi connectivity index (χ1v) is 13.7. The second kappa shape index (κ2) is 11.2. The van der Waals surface area contributed by atoms with Gasteiger partial charge in [-0.2, -0.15) is 0 Å². The van der Waals surface area contributed by atoms with Crippen LogP contribution in [-0.2, 0) is 35.8 Å². The number of aliphatic carboxylic acids is 2. The molecule has 1 saturated heterocycles. The summed E-state index contributed by atoms with van der Waals surface area (Å²) in [4.78, 5) is 61.0. The Balaban J connectivity index is 1.55. The van der Waals surface area contributed by atoms with E-state index in [9.17, 15) is 29.4 Å². The van der Waals surface area contributed by atoms with E-state index in [-0.39, 0.29) is 22.3 Å². The maximum atomic E-state index is 13.2. The van der Waals surface area contributed by atoms with Gasteiger partial charge in [0.25, 0.3) is 11.8 Å². The maximum absolute atomic E-state index is 13.2. The molecule has 40 heavy (non-hydrogen) atoms. The van der Waals surface area contributed by atoms with Crippen molar-refractivity contribution in [1.29, 1.82) is 0 Å². The third-order valence-electron chi connectivity index (χ3n) is 6.11. The number of oxime groups is 1. The smallest absolute Gasteiger partial charge is 0.352 e. The molecule has 0 radical (unpaired) electrons. The van der Waals surface area contributed by atoms with Crippen molar-refractivity contribution in [3.05, 3.63) is 46.9 Å². The van der Waals surface area contributed by atoms with E-state index in [2.05, 4.69) is 15.5 Å². The predicted octanol–water partition coefficient (Wildman–Crippen LogP) is 0.337. The predicted molar refractivity (Wildman–Crippen MR) is 142 cm³/mol. The highest BCUT2D eigenvalue weighted by molar-refractivity contribution is 7.99. The molecule has 212 valence electrons. The number of β-lactam (4-membered cyclic amide) rings is 1. The van der Waals surface area contributed by atoms with E-state index in [0.717, 1.165) is 21.1 Å². The third-order valence-corrected chi connectivity index (χ3v) is 7.85. The number of nitrogens with zero attached hydrogens (tertiary/aromatic N) is 4. The Kier molecular flexibility index (Phi) is 8.13. The van der Waals surface area contributed by atoms with E-state index in [4.69, 9.17) is 15.3 Å². The van der Waals surface area contributed by atoms with Crippen LogP contribution >= 0.6 is 23.1 Å². The molecule has 0 saturated carbocycles. The summed E-state index contributed by atoms with van der Waals surface area (Å²) < 4.78 is 7.84. The van der Waals surface area contributed by atoms with Crippen LogP contribution in [0.25, 0.3) is 0 Å². The number of rotatable bonds is 10. The molecule has 1 fully saturated rings. The van der Waals surface area contributed by atoms with Crippen LogP contribution in [0, 0.1) is 0 Å². The van der Waals surface area contributed by atoms with Gasteiger partial charge in [-0.1, -0.05) is 5.16 Å². The molecule has 2 aromatic rings. The largest absolute Gasteiger partial charge is 0.478 e. The first-order valence-electron chi connectivity index (χ1n) is 11.8. The molecule has 2 amide bonds. The molecule has 2 aliphatic heterocycles. The summed E-state index contributed by atoms with van der Waals surface area (Å²) in [6.45, 7) is 4.15. The average molecular weight is 592 g/mol. The van der Waals surface area contributed by atoms with Gasteiger partial charge in [-0.05, 0) is 26.3 Å². The van der Waals surface area contributed by atoms with Crippen LogP contribution in [0.15, 0.2) is 51.2 Å². The topological polar surface area (TPSA) is 198 Å². The Bertz CT molecular complexity index is 1420. The molecule has 0 spiro atoms. The van der Waals surface area contributed by atoms with Gasteiger partial charge in [0.15, 0.2) is 35.5 Å². The lowest BCUT2D eigenvalue weighted by Crippen LogP contribution is -2.74. The molecule has 2 aliphatic rings. The molecule has 5 N–H and O–H groups in total. The van der Waals surface area contributed by atoms with Crippen molar-refractivity contribution in [1.82, 2.24) is 15.2 Å². The van der Waals surface area contributed by atoms with Crippen molar-refractivity contribution in [3.63, 3.8) is 0 Å². The van der Waals surface area contributed by atoms with Crippen LogP contribution in [-0.4, -0.2) is 79.3 Å². The summed E-state index contributed by atoms with van der Waals surface area (Å²) in [6, 6.07) is 2.54. The molecule has 0 aliphatic carbocycles. The summed E-state index contributed by atoms with van der Waals surface area (Å²) in [5.74, 6) is -3.96. The number of aryl methyl sites for hydroxylation is 1. The number of carbonyl (C=O) groups excluding carboxylic acids is 2. The molecule has 14 nitrogen and oxygen atoms in total. The van der Waals surface area contributed by atoms with Crippen LogP contribution in [0.1, 0.15) is 26.5 Å². The Hall–Kier alpha value is -4.02. The number of fused-ring (bicyclic) bond motifs is 1. The van der Waals surface area contributed by atoms with Crippen LogP contribution in [0.4, 0.5) is 5.13 Å². The van der Waals surface area contributed by atoms with E-state index >= 15 is 0 Å². The number of nitrogen functional groups attached to an aromatic ring is 1. The number of carbonyl (C=O) groups is 4. The Morgan fingerprint density at radius 1 is 1.32 bits per heavy atom. The standard InChI is InChI=1S/C24H26N6O8S2/c1-11-13(9-39-12-5-7-29(4)8-6-12)17(21(33)34)30-19(32)16(20(30)37-11)27-18(31)15(14-10-40-23(25)26-14)28-38-24(2,3)22(35)36/h5-8,10-11,16,20H,9H2,1-4H3,(H4-,25,26,27,31,33,34,35,36)/p+1/t11-,16+,20+/m1/s1. The van der Waals surface area contributed by atoms with Gasteiger partial charge in [-0.15, -0.1) is 23.1 Å². The van der Waals surface area contributed by atoms with E-state index in [1.54, 1.807) is 6.92 Å². The van der Waals surface area contributed by atoms with Gasteiger partial charge in [-0.25, -0.2) is 19.1 Å². The fourth-order valence-corrected chi connectivity index (χ4v) is 5.35. The van der Waals surface area contributed by atoms with Crippen LogP contribution in [0.3, 0.4) is 0 Å². The van der Waals surface area contributed by atoms with Crippen LogP contribution in [0.5, 0.6) is 0 Å². The molecule has 0 aromatic carbocycles. The minimum atomic E-state index is -1.77. The SMILES string of the molecule is C[C@H]1O[C@H]2[C@@H](NC(=O)C(=NOC(C)(C)C(=O)O)c3csc(N)n3)C(=O)N2C(C(=O)O)=C1CSc1cc[n+](C)cc1. The van der Waals surface area contributed by atoms with Crippen molar-refractivity contribution in [2.45, 2.75) is 49.6 Å². The monoisotopic (exact) mass is 591 g/mol. The molecule has 2 aromatic heterocycles. The second-order valence-corrected chi connectivity index (χ2v) is 11.4. The molecule has 3 atom stereocenters.